The minimum atomic E-state index is -0.973. The lowest BCUT2D eigenvalue weighted by atomic mass is 9.99. The van der Waals surface area contributed by atoms with Crippen LogP contribution in [0.2, 0.25) is 5.02 Å². The van der Waals surface area contributed by atoms with E-state index in [1.165, 1.54) is 18.2 Å². The second kappa shape index (κ2) is 9.44. The van der Waals surface area contributed by atoms with Crippen molar-refractivity contribution >= 4 is 39.7 Å². The molecule has 1 aromatic heterocycles. The lowest BCUT2D eigenvalue weighted by molar-refractivity contribution is -0.384. The molecule has 0 spiro atoms. The van der Waals surface area contributed by atoms with Crippen molar-refractivity contribution in [3.8, 4) is 17.1 Å². The number of hydrogen-bond donors (Lipinski definition) is 1. The van der Waals surface area contributed by atoms with Gasteiger partial charge in [0.2, 0.25) is 5.88 Å². The SMILES string of the molecule is Cc1ccc(C)c(-c2nnc(O[C@H](C)C(=O)Nc3cc([N+](=O)[O-])ccc3Cl)c3ccccc23)c1. The van der Waals surface area contributed by atoms with Gasteiger partial charge in [0.1, 0.15) is 5.69 Å². The number of hydrogen-bond acceptors (Lipinski definition) is 6. The molecule has 0 aliphatic heterocycles. The van der Waals surface area contributed by atoms with E-state index in [1.807, 2.05) is 50.2 Å². The molecule has 1 amide bonds. The summed E-state index contributed by atoms with van der Waals surface area (Å²) in [6.45, 7) is 5.58. The number of carbonyl (C=O) groups is 1. The first-order valence-electron chi connectivity index (χ1n) is 10.5. The van der Waals surface area contributed by atoms with Crippen molar-refractivity contribution in [2.75, 3.05) is 5.32 Å². The number of amides is 1. The molecule has 0 unspecified atom stereocenters. The van der Waals surface area contributed by atoms with Crippen LogP contribution in [0, 0.1) is 24.0 Å². The summed E-state index contributed by atoms with van der Waals surface area (Å²) in [5.74, 6) is -0.329. The molecule has 0 bridgehead atoms. The van der Waals surface area contributed by atoms with Gasteiger partial charge in [-0.15, -0.1) is 10.2 Å². The number of aromatic nitrogens is 2. The Hall–Kier alpha value is -4.04. The second-order valence-electron chi connectivity index (χ2n) is 7.89. The Balaban J connectivity index is 1.63. The fourth-order valence-electron chi connectivity index (χ4n) is 3.53. The summed E-state index contributed by atoms with van der Waals surface area (Å²) >= 11 is 6.09. The third kappa shape index (κ3) is 4.67. The second-order valence-corrected chi connectivity index (χ2v) is 8.30. The summed E-state index contributed by atoms with van der Waals surface area (Å²) in [5, 5.41) is 24.0. The molecule has 0 saturated heterocycles. The van der Waals surface area contributed by atoms with Crippen LogP contribution < -0.4 is 10.1 Å². The van der Waals surface area contributed by atoms with Crippen LogP contribution in [0.15, 0.2) is 60.7 Å². The van der Waals surface area contributed by atoms with Gasteiger partial charge in [0.05, 0.1) is 15.6 Å². The van der Waals surface area contributed by atoms with Crippen molar-refractivity contribution in [3.05, 3.63) is 86.9 Å². The molecule has 0 aliphatic carbocycles. The summed E-state index contributed by atoms with van der Waals surface area (Å²) in [6, 6.07) is 17.5. The van der Waals surface area contributed by atoms with E-state index in [0.29, 0.717) is 5.39 Å². The molecule has 1 atom stereocenters. The third-order valence-corrected chi connectivity index (χ3v) is 5.71. The van der Waals surface area contributed by atoms with Crippen molar-refractivity contribution in [1.29, 1.82) is 0 Å². The molecule has 0 fully saturated rings. The van der Waals surface area contributed by atoms with Crippen LogP contribution in [0.5, 0.6) is 5.88 Å². The van der Waals surface area contributed by atoms with Crippen LogP contribution >= 0.6 is 11.6 Å². The number of anilines is 1. The van der Waals surface area contributed by atoms with Crippen molar-refractivity contribution in [1.82, 2.24) is 10.2 Å². The smallest absolute Gasteiger partial charge is 0.271 e. The third-order valence-electron chi connectivity index (χ3n) is 5.38. The maximum absolute atomic E-state index is 12.7. The number of halogens is 1. The normalized spacial score (nSPS) is 11.8. The highest BCUT2D eigenvalue weighted by atomic mass is 35.5. The Bertz CT molecular complexity index is 1420. The Morgan fingerprint density at radius 1 is 1.06 bits per heavy atom. The van der Waals surface area contributed by atoms with Gasteiger partial charge in [-0.3, -0.25) is 14.9 Å². The minimum Gasteiger partial charge on any atom is -0.463 e. The van der Waals surface area contributed by atoms with E-state index in [-0.39, 0.29) is 22.3 Å². The molecule has 3 aromatic carbocycles. The van der Waals surface area contributed by atoms with Crippen LogP contribution in [-0.2, 0) is 4.79 Å². The zero-order chi connectivity index (χ0) is 24.4. The van der Waals surface area contributed by atoms with Gasteiger partial charge >= 0.3 is 0 Å². The summed E-state index contributed by atoms with van der Waals surface area (Å²) in [4.78, 5) is 23.2. The number of nitrogens with zero attached hydrogens (tertiary/aromatic N) is 3. The fraction of sp³-hybridized carbons (Fsp3) is 0.160. The number of benzene rings is 3. The van der Waals surface area contributed by atoms with Crippen molar-refractivity contribution < 1.29 is 14.5 Å². The molecule has 0 saturated carbocycles. The number of non-ortho nitro benzene ring substituents is 1. The molecule has 0 aliphatic rings. The number of carbonyl (C=O) groups excluding carboxylic acids is 1. The fourth-order valence-corrected chi connectivity index (χ4v) is 3.70. The molecule has 1 heterocycles. The van der Waals surface area contributed by atoms with E-state index in [2.05, 4.69) is 21.6 Å². The lowest BCUT2D eigenvalue weighted by Gasteiger charge is -2.17. The Kier molecular flexibility index (Phi) is 6.43. The van der Waals surface area contributed by atoms with Crippen LogP contribution in [0.3, 0.4) is 0 Å². The average molecular weight is 477 g/mol. The van der Waals surface area contributed by atoms with Crippen molar-refractivity contribution in [2.24, 2.45) is 0 Å². The monoisotopic (exact) mass is 476 g/mol. The number of fused-ring (bicyclic) bond motifs is 1. The van der Waals surface area contributed by atoms with Gasteiger partial charge in [-0.2, -0.15) is 0 Å². The highest BCUT2D eigenvalue weighted by Crippen LogP contribution is 2.33. The first-order valence-corrected chi connectivity index (χ1v) is 10.9. The van der Waals surface area contributed by atoms with Crippen LogP contribution in [0.25, 0.3) is 22.0 Å². The van der Waals surface area contributed by atoms with Gasteiger partial charge in [-0.1, -0.05) is 47.5 Å². The van der Waals surface area contributed by atoms with Crippen molar-refractivity contribution in [3.63, 3.8) is 0 Å². The Morgan fingerprint density at radius 2 is 1.79 bits per heavy atom. The van der Waals surface area contributed by atoms with E-state index in [0.717, 1.165) is 27.8 Å². The molecule has 8 nitrogen and oxygen atoms in total. The first kappa shape index (κ1) is 23.1. The van der Waals surface area contributed by atoms with E-state index in [4.69, 9.17) is 16.3 Å². The van der Waals surface area contributed by atoms with Crippen LogP contribution in [0.4, 0.5) is 11.4 Å². The maximum atomic E-state index is 12.7. The summed E-state index contributed by atoms with van der Waals surface area (Å²) in [5.41, 5.74) is 3.81. The zero-order valence-corrected chi connectivity index (χ0v) is 19.5. The molecule has 4 aromatic rings. The van der Waals surface area contributed by atoms with E-state index < -0.39 is 16.9 Å². The molecule has 9 heteroatoms. The van der Waals surface area contributed by atoms with Gasteiger partial charge < -0.3 is 10.1 Å². The molecule has 0 radical (unpaired) electrons. The molecule has 1 N–H and O–H groups in total. The highest BCUT2D eigenvalue weighted by Gasteiger charge is 2.21. The van der Waals surface area contributed by atoms with Gasteiger partial charge in [-0.25, -0.2) is 0 Å². The topological polar surface area (TPSA) is 107 Å². The molecule has 172 valence electrons. The summed E-state index contributed by atoms with van der Waals surface area (Å²) in [7, 11) is 0. The number of rotatable bonds is 6. The van der Waals surface area contributed by atoms with Crippen molar-refractivity contribution in [2.45, 2.75) is 26.9 Å². The van der Waals surface area contributed by atoms with Gasteiger partial charge in [-0.05, 0) is 44.5 Å². The van der Waals surface area contributed by atoms with E-state index in [1.54, 1.807) is 6.92 Å². The van der Waals surface area contributed by atoms with E-state index >= 15 is 0 Å². The molecule has 34 heavy (non-hydrogen) atoms. The summed E-state index contributed by atoms with van der Waals surface area (Å²) < 4.78 is 5.86. The molecular weight excluding hydrogens is 456 g/mol. The van der Waals surface area contributed by atoms with Gasteiger partial charge in [0, 0.05) is 28.5 Å². The maximum Gasteiger partial charge on any atom is 0.271 e. The number of nitro groups is 1. The van der Waals surface area contributed by atoms with Crippen LogP contribution in [-0.4, -0.2) is 27.1 Å². The van der Waals surface area contributed by atoms with E-state index in [9.17, 15) is 14.9 Å². The van der Waals surface area contributed by atoms with Gasteiger partial charge in [0.25, 0.3) is 11.6 Å². The first-order chi connectivity index (χ1) is 16.2. The predicted molar refractivity (Wildman–Crippen MR) is 131 cm³/mol. The Labute approximate surface area is 200 Å². The predicted octanol–water partition coefficient (Wildman–Crippen LogP) is 5.88. The Morgan fingerprint density at radius 3 is 2.53 bits per heavy atom. The number of aryl methyl sites for hydroxylation is 2. The summed E-state index contributed by atoms with van der Waals surface area (Å²) in [6.07, 6.45) is -0.973. The molecule has 4 rings (SSSR count). The number of ether oxygens (including phenoxy) is 1. The quantitative estimate of drug-likeness (QED) is 0.275. The minimum absolute atomic E-state index is 0.123. The molecular formula is C25H21ClN4O4. The van der Waals surface area contributed by atoms with Crippen LogP contribution in [0.1, 0.15) is 18.1 Å². The zero-order valence-electron chi connectivity index (χ0n) is 18.7. The average Bonchev–Trinajstić information content (AvgIpc) is 2.82. The highest BCUT2D eigenvalue weighted by molar-refractivity contribution is 6.33. The standard InChI is InChI=1S/C25H21ClN4O4/c1-14-8-9-15(2)20(12-14)23-18-6-4-5-7-19(18)25(29-28-23)34-16(3)24(31)27-22-13-17(30(32)33)10-11-21(22)26/h4-13,16H,1-3H3,(H,27,31)/t16-/m1/s1. The largest absolute Gasteiger partial charge is 0.463 e. The van der Waals surface area contributed by atoms with Gasteiger partial charge in [0.15, 0.2) is 6.10 Å². The number of nitro benzene ring substituents is 1. The lowest BCUT2D eigenvalue weighted by Crippen LogP contribution is -2.30. The number of nitrogens with one attached hydrogen (secondary N) is 1.